The normalized spacial score (nSPS) is 19.0. The van der Waals surface area contributed by atoms with Crippen LogP contribution >= 0.6 is 15.9 Å². The third kappa shape index (κ3) is 2.33. The van der Waals surface area contributed by atoms with Crippen molar-refractivity contribution in [3.8, 4) is 0 Å². The maximum atomic E-state index is 4.46. The minimum atomic E-state index is 0.596. The van der Waals surface area contributed by atoms with E-state index in [-0.39, 0.29) is 0 Å². The molecule has 19 heavy (non-hydrogen) atoms. The molecule has 1 atom stereocenters. The van der Waals surface area contributed by atoms with Crippen LogP contribution < -0.4 is 4.90 Å². The Labute approximate surface area is 121 Å². The van der Waals surface area contributed by atoms with E-state index in [1.807, 2.05) is 13.2 Å². The van der Waals surface area contributed by atoms with Crippen LogP contribution in [-0.4, -0.2) is 37.7 Å². The Kier molecular flexibility index (Phi) is 3.43. The largest absolute Gasteiger partial charge is 0.356 e. The summed E-state index contributed by atoms with van der Waals surface area (Å²) in [5.41, 5.74) is 0.904. The number of aryl methyl sites for hydroxylation is 1. The molecule has 1 unspecified atom stereocenters. The standard InChI is InChI=1S/C13H18BrN5/c1-9(14)10-3-5-19(6-4-10)13-11-7-17-18(2)12(11)15-8-16-13/h7-10H,3-6H2,1-2H3. The molecule has 0 saturated carbocycles. The van der Waals surface area contributed by atoms with Crippen LogP contribution in [0.4, 0.5) is 5.82 Å². The smallest absolute Gasteiger partial charge is 0.163 e. The Balaban J connectivity index is 1.86. The monoisotopic (exact) mass is 323 g/mol. The summed E-state index contributed by atoms with van der Waals surface area (Å²) in [7, 11) is 1.91. The van der Waals surface area contributed by atoms with E-state index in [1.165, 1.54) is 12.8 Å². The number of nitrogens with zero attached hydrogens (tertiary/aromatic N) is 5. The summed E-state index contributed by atoms with van der Waals surface area (Å²) in [5, 5.41) is 5.33. The van der Waals surface area contributed by atoms with Crippen LogP contribution in [0, 0.1) is 5.92 Å². The first-order valence-corrected chi connectivity index (χ1v) is 7.60. The van der Waals surface area contributed by atoms with Gasteiger partial charge in [0, 0.05) is 25.0 Å². The van der Waals surface area contributed by atoms with E-state index >= 15 is 0 Å². The van der Waals surface area contributed by atoms with Crippen LogP contribution in [-0.2, 0) is 7.05 Å². The van der Waals surface area contributed by atoms with Gasteiger partial charge in [0.1, 0.15) is 12.1 Å². The van der Waals surface area contributed by atoms with Gasteiger partial charge in [-0.1, -0.05) is 22.9 Å². The van der Waals surface area contributed by atoms with E-state index in [0.29, 0.717) is 4.83 Å². The topological polar surface area (TPSA) is 46.8 Å². The van der Waals surface area contributed by atoms with Crippen LogP contribution in [0.1, 0.15) is 19.8 Å². The maximum Gasteiger partial charge on any atom is 0.163 e. The Morgan fingerprint density at radius 2 is 2.05 bits per heavy atom. The van der Waals surface area contributed by atoms with Crippen molar-refractivity contribution in [2.75, 3.05) is 18.0 Å². The summed E-state index contributed by atoms with van der Waals surface area (Å²) in [5.74, 6) is 1.79. The molecular formula is C13H18BrN5. The van der Waals surface area contributed by atoms with E-state index in [1.54, 1.807) is 11.0 Å². The van der Waals surface area contributed by atoms with Gasteiger partial charge in [-0.15, -0.1) is 0 Å². The highest BCUT2D eigenvalue weighted by molar-refractivity contribution is 9.09. The molecule has 1 aliphatic heterocycles. The van der Waals surface area contributed by atoms with E-state index < -0.39 is 0 Å². The van der Waals surface area contributed by atoms with Crippen molar-refractivity contribution in [2.45, 2.75) is 24.6 Å². The zero-order valence-electron chi connectivity index (χ0n) is 11.3. The van der Waals surface area contributed by atoms with Crippen molar-refractivity contribution in [2.24, 2.45) is 13.0 Å². The molecule has 2 aromatic heterocycles. The maximum absolute atomic E-state index is 4.46. The van der Waals surface area contributed by atoms with Gasteiger partial charge in [-0.25, -0.2) is 9.97 Å². The molecule has 3 heterocycles. The third-order valence-corrected chi connectivity index (χ3v) is 4.74. The van der Waals surface area contributed by atoms with Gasteiger partial charge >= 0.3 is 0 Å². The molecule has 1 saturated heterocycles. The Morgan fingerprint density at radius 3 is 2.74 bits per heavy atom. The summed E-state index contributed by atoms with van der Waals surface area (Å²) in [4.78, 5) is 11.7. The van der Waals surface area contributed by atoms with Crippen LogP contribution in [0.5, 0.6) is 0 Å². The molecule has 1 aliphatic rings. The van der Waals surface area contributed by atoms with Crippen molar-refractivity contribution in [1.29, 1.82) is 0 Å². The zero-order chi connectivity index (χ0) is 13.4. The summed E-state index contributed by atoms with van der Waals surface area (Å²) in [6.07, 6.45) is 5.92. The fourth-order valence-corrected chi connectivity index (χ4v) is 3.30. The Morgan fingerprint density at radius 1 is 1.32 bits per heavy atom. The molecule has 0 N–H and O–H groups in total. The lowest BCUT2D eigenvalue weighted by atomic mass is 9.94. The van der Waals surface area contributed by atoms with Crippen LogP contribution in [0.2, 0.25) is 0 Å². The minimum Gasteiger partial charge on any atom is -0.356 e. The molecule has 3 rings (SSSR count). The fourth-order valence-electron chi connectivity index (χ4n) is 2.77. The number of alkyl halides is 1. The first kappa shape index (κ1) is 12.8. The molecular weight excluding hydrogens is 306 g/mol. The van der Waals surface area contributed by atoms with Gasteiger partial charge in [0.25, 0.3) is 0 Å². The minimum absolute atomic E-state index is 0.596. The van der Waals surface area contributed by atoms with Crippen LogP contribution in [0.15, 0.2) is 12.5 Å². The summed E-state index contributed by atoms with van der Waals surface area (Å²) < 4.78 is 1.80. The van der Waals surface area contributed by atoms with E-state index in [0.717, 1.165) is 35.9 Å². The molecule has 0 spiro atoms. The number of halogens is 1. The second-order valence-electron chi connectivity index (χ2n) is 5.20. The van der Waals surface area contributed by atoms with E-state index in [4.69, 9.17) is 0 Å². The van der Waals surface area contributed by atoms with Crippen LogP contribution in [0.3, 0.4) is 0 Å². The SMILES string of the molecule is CC(Br)C1CCN(c2ncnc3c2cnn3C)CC1. The molecule has 5 nitrogen and oxygen atoms in total. The summed E-state index contributed by atoms with van der Waals surface area (Å²) in [6.45, 7) is 4.35. The number of rotatable bonds is 2. The lowest BCUT2D eigenvalue weighted by Gasteiger charge is -2.34. The predicted octanol–water partition coefficient (Wildman–Crippen LogP) is 2.36. The van der Waals surface area contributed by atoms with Crippen molar-refractivity contribution in [3.63, 3.8) is 0 Å². The van der Waals surface area contributed by atoms with E-state index in [9.17, 15) is 0 Å². The van der Waals surface area contributed by atoms with Crippen LogP contribution in [0.25, 0.3) is 11.0 Å². The Bertz CT molecular complexity index is 571. The van der Waals surface area contributed by atoms with Gasteiger partial charge in [-0.2, -0.15) is 5.10 Å². The summed E-state index contributed by atoms with van der Waals surface area (Å²) in [6, 6.07) is 0. The highest BCUT2D eigenvalue weighted by Crippen LogP contribution is 2.29. The molecule has 0 aliphatic carbocycles. The molecule has 1 fully saturated rings. The highest BCUT2D eigenvalue weighted by Gasteiger charge is 2.24. The number of hydrogen-bond donors (Lipinski definition) is 0. The van der Waals surface area contributed by atoms with Crippen molar-refractivity contribution < 1.29 is 0 Å². The number of fused-ring (bicyclic) bond motifs is 1. The molecule has 6 heteroatoms. The molecule has 0 radical (unpaired) electrons. The molecule has 102 valence electrons. The van der Waals surface area contributed by atoms with Gasteiger partial charge in [-0.05, 0) is 18.8 Å². The lowest BCUT2D eigenvalue weighted by molar-refractivity contribution is 0.406. The molecule has 0 bridgehead atoms. The average Bonchev–Trinajstić information content (AvgIpc) is 2.81. The lowest BCUT2D eigenvalue weighted by Crippen LogP contribution is -2.36. The van der Waals surface area contributed by atoms with Gasteiger partial charge in [0.2, 0.25) is 0 Å². The number of hydrogen-bond acceptors (Lipinski definition) is 4. The third-order valence-electron chi connectivity index (χ3n) is 4.00. The number of anilines is 1. The predicted molar refractivity (Wildman–Crippen MR) is 79.6 cm³/mol. The van der Waals surface area contributed by atoms with Gasteiger partial charge in [0.05, 0.1) is 11.6 Å². The van der Waals surface area contributed by atoms with Gasteiger partial charge in [-0.3, -0.25) is 4.68 Å². The summed E-state index contributed by atoms with van der Waals surface area (Å²) >= 11 is 3.70. The van der Waals surface area contributed by atoms with Gasteiger partial charge in [0.15, 0.2) is 5.65 Å². The van der Waals surface area contributed by atoms with Crippen molar-refractivity contribution in [1.82, 2.24) is 19.7 Å². The second-order valence-corrected chi connectivity index (χ2v) is 6.65. The number of aromatic nitrogens is 4. The van der Waals surface area contributed by atoms with E-state index in [2.05, 4.69) is 42.8 Å². The fraction of sp³-hybridized carbons (Fsp3) is 0.615. The number of piperidine rings is 1. The first-order valence-electron chi connectivity index (χ1n) is 6.68. The highest BCUT2D eigenvalue weighted by atomic mass is 79.9. The second kappa shape index (κ2) is 5.07. The zero-order valence-corrected chi connectivity index (χ0v) is 12.8. The Hall–Kier alpha value is -1.17. The average molecular weight is 324 g/mol. The van der Waals surface area contributed by atoms with Crippen molar-refractivity contribution >= 4 is 32.8 Å². The van der Waals surface area contributed by atoms with Crippen molar-refractivity contribution in [3.05, 3.63) is 12.5 Å². The molecule has 0 amide bonds. The molecule has 0 aromatic carbocycles. The molecule has 2 aromatic rings. The van der Waals surface area contributed by atoms with Gasteiger partial charge < -0.3 is 4.90 Å². The quantitative estimate of drug-likeness (QED) is 0.796. The first-order chi connectivity index (χ1) is 9.16.